The van der Waals surface area contributed by atoms with Crippen molar-refractivity contribution in [2.24, 2.45) is 7.05 Å². The molecule has 4 aromatic rings. The molecule has 0 bridgehead atoms. The van der Waals surface area contributed by atoms with E-state index in [9.17, 15) is 9.59 Å². The molecule has 5 rings (SSSR count). The van der Waals surface area contributed by atoms with Crippen LogP contribution in [0.5, 0.6) is 0 Å². The fourth-order valence-corrected chi connectivity index (χ4v) is 5.02. The topological polar surface area (TPSA) is 69.4 Å². The second-order valence-electron chi connectivity index (χ2n) is 10.9. The van der Waals surface area contributed by atoms with Crippen molar-refractivity contribution in [3.63, 3.8) is 0 Å². The van der Waals surface area contributed by atoms with Gasteiger partial charge in [0.05, 0.1) is 17.7 Å². The highest BCUT2D eigenvalue weighted by atomic mass is 16.6. The maximum Gasteiger partial charge on any atom is 0.410 e. The van der Waals surface area contributed by atoms with E-state index >= 15 is 0 Å². The van der Waals surface area contributed by atoms with Gasteiger partial charge in [0.2, 0.25) is 0 Å². The molecule has 0 saturated heterocycles. The zero-order valence-corrected chi connectivity index (χ0v) is 22.2. The van der Waals surface area contributed by atoms with Crippen LogP contribution in [0, 0.1) is 6.92 Å². The first-order valence-corrected chi connectivity index (χ1v) is 12.8. The van der Waals surface area contributed by atoms with E-state index < -0.39 is 5.60 Å². The van der Waals surface area contributed by atoms with E-state index in [2.05, 4.69) is 34.8 Å². The van der Waals surface area contributed by atoms with Gasteiger partial charge in [-0.1, -0.05) is 12.1 Å². The van der Waals surface area contributed by atoms with Crippen molar-refractivity contribution in [2.75, 3.05) is 6.54 Å². The van der Waals surface area contributed by atoms with E-state index in [1.54, 1.807) is 15.5 Å². The predicted octanol–water partition coefficient (Wildman–Crippen LogP) is 5.11. The third-order valence-corrected chi connectivity index (χ3v) is 6.98. The lowest BCUT2D eigenvalue weighted by Gasteiger charge is -2.30. The second-order valence-corrected chi connectivity index (χ2v) is 10.9. The van der Waals surface area contributed by atoms with Gasteiger partial charge in [-0.05, 0) is 75.9 Å². The summed E-state index contributed by atoms with van der Waals surface area (Å²) in [5.41, 5.74) is 6.86. The lowest BCUT2D eigenvalue weighted by molar-refractivity contribution is 0.0223. The van der Waals surface area contributed by atoms with Crippen LogP contribution in [0.25, 0.3) is 16.6 Å². The Hall–Kier alpha value is -3.87. The highest BCUT2D eigenvalue weighted by Gasteiger charge is 2.29. The molecule has 1 aliphatic rings. The van der Waals surface area contributed by atoms with Crippen LogP contribution >= 0.6 is 0 Å². The summed E-state index contributed by atoms with van der Waals surface area (Å²) in [6.07, 6.45) is 5.88. The molecule has 0 atom stereocenters. The van der Waals surface area contributed by atoms with Gasteiger partial charge in [-0.25, -0.2) is 4.79 Å². The summed E-state index contributed by atoms with van der Waals surface area (Å²) in [5, 5.41) is 1.10. The molecule has 0 spiro atoms. The SMILES string of the molecule is Cc1ccc(CCc2ccn(-c3ccc4c5c(n(C)c4c3)CCN(C(=O)OC(C)(C)C)C5)c(=O)c2)cn1. The molecule has 3 aromatic heterocycles. The molecule has 1 aliphatic heterocycles. The Kier molecular flexibility index (Phi) is 6.40. The fourth-order valence-electron chi connectivity index (χ4n) is 5.02. The van der Waals surface area contributed by atoms with Crippen LogP contribution in [0.15, 0.2) is 59.7 Å². The van der Waals surface area contributed by atoms with Crippen molar-refractivity contribution in [3.05, 3.63) is 93.3 Å². The van der Waals surface area contributed by atoms with Gasteiger partial charge in [0.1, 0.15) is 5.60 Å². The number of hydrogen-bond donors (Lipinski definition) is 0. The van der Waals surface area contributed by atoms with Crippen molar-refractivity contribution in [1.82, 2.24) is 19.0 Å². The minimum atomic E-state index is -0.522. The number of rotatable bonds is 4. The summed E-state index contributed by atoms with van der Waals surface area (Å²) in [6, 6.07) is 13.9. The quantitative estimate of drug-likeness (QED) is 0.392. The Morgan fingerprint density at radius 3 is 2.54 bits per heavy atom. The maximum atomic E-state index is 13.0. The fraction of sp³-hybridized carbons (Fsp3) is 0.367. The molecule has 0 N–H and O–H groups in total. The maximum absolute atomic E-state index is 13.0. The third-order valence-electron chi connectivity index (χ3n) is 6.98. The number of benzene rings is 1. The van der Waals surface area contributed by atoms with Crippen LogP contribution in [0.3, 0.4) is 0 Å². The first-order chi connectivity index (χ1) is 17.6. The van der Waals surface area contributed by atoms with Crippen LogP contribution < -0.4 is 5.56 Å². The molecule has 7 heteroatoms. The molecular formula is C30H34N4O3. The molecule has 192 valence electrons. The Balaban J connectivity index is 1.38. The molecule has 0 saturated carbocycles. The molecule has 0 unspecified atom stereocenters. The normalized spacial score (nSPS) is 13.6. The van der Waals surface area contributed by atoms with Gasteiger partial charge in [0, 0.05) is 60.8 Å². The van der Waals surface area contributed by atoms with Crippen molar-refractivity contribution >= 4 is 17.0 Å². The molecule has 1 amide bonds. The lowest BCUT2D eigenvalue weighted by Crippen LogP contribution is -2.40. The number of carbonyl (C=O) groups excluding carboxylic acids is 1. The van der Waals surface area contributed by atoms with E-state index in [1.165, 1.54) is 5.69 Å². The molecule has 4 heterocycles. The first-order valence-electron chi connectivity index (χ1n) is 12.8. The number of amides is 1. The average Bonchev–Trinajstić information content (AvgIpc) is 3.13. The average molecular weight is 499 g/mol. The van der Waals surface area contributed by atoms with Crippen molar-refractivity contribution in [1.29, 1.82) is 0 Å². The van der Waals surface area contributed by atoms with Gasteiger partial charge in [-0.3, -0.25) is 14.3 Å². The Morgan fingerprint density at radius 2 is 1.84 bits per heavy atom. The standard InChI is InChI=1S/C30H34N4O3/c1-20-6-7-22(18-31-20)9-8-21-12-15-34(28(35)16-21)23-10-11-24-25-19-33(29(36)37-30(2,3)4)14-13-26(25)32(5)27(24)17-23/h6-7,10-12,15-18H,8-9,13-14,19H2,1-5H3. The molecule has 0 aliphatic carbocycles. The lowest BCUT2D eigenvalue weighted by atomic mass is 10.0. The third kappa shape index (κ3) is 5.17. The highest BCUT2D eigenvalue weighted by molar-refractivity contribution is 5.88. The van der Waals surface area contributed by atoms with Crippen LogP contribution in [0.2, 0.25) is 0 Å². The largest absolute Gasteiger partial charge is 0.444 e. The summed E-state index contributed by atoms with van der Waals surface area (Å²) in [4.78, 5) is 31.8. The molecule has 0 radical (unpaired) electrons. The van der Waals surface area contributed by atoms with Crippen LogP contribution in [-0.2, 0) is 37.6 Å². The minimum Gasteiger partial charge on any atom is -0.444 e. The first kappa shape index (κ1) is 24.8. The number of fused-ring (bicyclic) bond motifs is 3. The zero-order chi connectivity index (χ0) is 26.3. The molecule has 1 aromatic carbocycles. The van der Waals surface area contributed by atoms with E-state index in [0.717, 1.165) is 58.2 Å². The summed E-state index contributed by atoms with van der Waals surface area (Å²) in [6.45, 7) is 8.77. The molecule has 0 fully saturated rings. The van der Waals surface area contributed by atoms with Gasteiger partial charge in [-0.15, -0.1) is 0 Å². The summed E-state index contributed by atoms with van der Waals surface area (Å²) >= 11 is 0. The zero-order valence-electron chi connectivity index (χ0n) is 22.2. The number of pyridine rings is 2. The Morgan fingerprint density at radius 1 is 1.05 bits per heavy atom. The summed E-state index contributed by atoms with van der Waals surface area (Å²) in [5.74, 6) is 0. The van der Waals surface area contributed by atoms with E-state index in [4.69, 9.17) is 4.74 Å². The van der Waals surface area contributed by atoms with Gasteiger partial charge in [0.15, 0.2) is 0 Å². The monoisotopic (exact) mass is 498 g/mol. The van der Waals surface area contributed by atoms with Gasteiger partial charge < -0.3 is 14.2 Å². The van der Waals surface area contributed by atoms with Crippen molar-refractivity contribution in [2.45, 2.75) is 59.1 Å². The van der Waals surface area contributed by atoms with E-state index in [0.29, 0.717) is 13.1 Å². The van der Waals surface area contributed by atoms with E-state index in [1.807, 2.05) is 58.3 Å². The van der Waals surface area contributed by atoms with Crippen molar-refractivity contribution < 1.29 is 9.53 Å². The number of hydrogen-bond acceptors (Lipinski definition) is 4. The minimum absolute atomic E-state index is 0.0473. The second kappa shape index (κ2) is 9.54. The Labute approximate surface area is 217 Å². The smallest absolute Gasteiger partial charge is 0.410 e. The number of ether oxygens (including phenoxy) is 1. The molecule has 7 nitrogen and oxygen atoms in total. The highest BCUT2D eigenvalue weighted by Crippen LogP contribution is 2.32. The summed E-state index contributed by atoms with van der Waals surface area (Å²) < 4.78 is 9.48. The van der Waals surface area contributed by atoms with Crippen molar-refractivity contribution in [3.8, 4) is 5.69 Å². The van der Waals surface area contributed by atoms with Crippen LogP contribution in [-0.4, -0.2) is 37.3 Å². The van der Waals surface area contributed by atoms with Crippen LogP contribution in [0.4, 0.5) is 4.79 Å². The number of carbonyl (C=O) groups is 1. The number of nitrogens with zero attached hydrogens (tertiary/aromatic N) is 4. The molecule has 37 heavy (non-hydrogen) atoms. The number of aryl methyl sites for hydroxylation is 4. The van der Waals surface area contributed by atoms with Crippen LogP contribution in [0.1, 0.15) is 48.8 Å². The molecular weight excluding hydrogens is 464 g/mol. The summed E-state index contributed by atoms with van der Waals surface area (Å²) in [7, 11) is 2.06. The predicted molar refractivity (Wildman–Crippen MR) is 145 cm³/mol. The van der Waals surface area contributed by atoms with E-state index in [-0.39, 0.29) is 11.7 Å². The van der Waals surface area contributed by atoms with Gasteiger partial charge in [0.25, 0.3) is 5.56 Å². The Bertz CT molecular complexity index is 1520. The van der Waals surface area contributed by atoms with Gasteiger partial charge in [-0.2, -0.15) is 0 Å². The number of aromatic nitrogens is 3. The van der Waals surface area contributed by atoms with Gasteiger partial charge >= 0.3 is 6.09 Å².